The Bertz CT molecular complexity index is 1330. The fourth-order valence-corrected chi connectivity index (χ4v) is 11.6. The summed E-state index contributed by atoms with van der Waals surface area (Å²) < 4.78 is 35.3. The Kier molecular flexibility index (Phi) is 9.60. The Morgan fingerprint density at radius 3 is 2.32 bits per heavy atom. The lowest BCUT2D eigenvalue weighted by Crippen LogP contribution is -2.76. The van der Waals surface area contributed by atoms with E-state index in [9.17, 15) is 40.5 Å². The normalized spacial score (nSPS) is 55.1. The fourth-order valence-electron chi connectivity index (χ4n) is 11.6. The number of methoxy groups -OCH3 is 1. The van der Waals surface area contributed by atoms with Gasteiger partial charge in [-0.1, -0.05) is 13.8 Å². The Morgan fingerprint density at radius 2 is 1.64 bits per heavy atom. The number of carbonyl (C=O) groups excluding carboxylic acids is 1. The van der Waals surface area contributed by atoms with Crippen molar-refractivity contribution in [2.45, 2.75) is 163 Å². The first-order valence-corrected chi connectivity index (χ1v) is 18.4. The molecule has 4 saturated carbocycles. The number of hydrogen-bond donors (Lipinski definition) is 7. The van der Waals surface area contributed by atoms with Crippen LogP contribution in [0.1, 0.15) is 85.0 Å². The number of aliphatic hydroxyl groups is 7. The number of esters is 1. The molecule has 7 rings (SSSR count). The highest BCUT2D eigenvalue weighted by atomic mass is 16.7. The zero-order valence-corrected chi connectivity index (χ0v) is 29.5. The van der Waals surface area contributed by atoms with Gasteiger partial charge in [0.15, 0.2) is 12.6 Å². The SMILES string of the molecule is CO[C@H]1C[C@H](O[C@H]2CC[C@]3(C)[C@H]4CC[C@]5(C)[C@@H](C6=CC(=O)OC6)CC[C@]5(O)[C@]4(O)CC[C@]3(O)C2)O[C@H](C)[C@H]1O[C@@H]1O[C@H](CO)[C@@H](O)[C@H](O)[C@H]1O. The molecule has 0 radical (unpaired) electrons. The minimum absolute atomic E-state index is 0.0577. The molecule has 0 bridgehead atoms. The molecule has 3 heterocycles. The molecule has 7 N–H and O–H groups in total. The Morgan fingerprint density at radius 1 is 0.900 bits per heavy atom. The lowest BCUT2D eigenvalue weighted by molar-refractivity contribution is -0.350. The third-order valence-corrected chi connectivity index (χ3v) is 14.6. The maximum atomic E-state index is 12.6. The van der Waals surface area contributed by atoms with Crippen LogP contribution in [0.15, 0.2) is 11.6 Å². The summed E-state index contributed by atoms with van der Waals surface area (Å²) in [5.41, 5.74) is -4.29. The van der Waals surface area contributed by atoms with Crippen molar-refractivity contribution in [2.75, 3.05) is 20.3 Å². The van der Waals surface area contributed by atoms with Crippen molar-refractivity contribution < 1.29 is 69.0 Å². The average molecular weight is 713 g/mol. The number of fused-ring (bicyclic) bond motifs is 5. The smallest absolute Gasteiger partial charge is 0.331 e. The average Bonchev–Trinajstić information content (AvgIpc) is 3.63. The van der Waals surface area contributed by atoms with Crippen LogP contribution in [-0.2, 0) is 33.2 Å². The van der Waals surface area contributed by atoms with Gasteiger partial charge in [0, 0.05) is 36.9 Å². The first-order chi connectivity index (χ1) is 23.5. The zero-order chi connectivity index (χ0) is 36.0. The summed E-state index contributed by atoms with van der Waals surface area (Å²) in [6, 6.07) is 0. The van der Waals surface area contributed by atoms with Gasteiger partial charge >= 0.3 is 5.97 Å². The van der Waals surface area contributed by atoms with Crippen LogP contribution in [0, 0.1) is 22.7 Å². The van der Waals surface area contributed by atoms with Gasteiger partial charge in [-0.3, -0.25) is 0 Å². The van der Waals surface area contributed by atoms with Gasteiger partial charge in [0.2, 0.25) is 0 Å². The predicted molar refractivity (Wildman–Crippen MR) is 172 cm³/mol. The predicted octanol–water partition coefficient (Wildman–Crippen LogP) is 0.193. The second-order valence-electron chi connectivity index (χ2n) is 16.7. The standard InChI is InChI=1S/C36H56O14/c1-18-30(50-31-29(41)28(40)27(39)23(16-37)49-31)22(45-4)14-26(47-18)48-20-5-8-33(3)24-7-9-32(2)21(19-13-25(38)46-17-19)6-10-36(32,44)35(24,43)12-11-34(33,42)15-20/h13,18,20-24,26-31,37,39-44H,5-12,14-17H2,1-4H3/t18-,20+,21-,22+,23-,24-,26+,27-,28+,29-,30-,31+,32-,33-,34+,35+,36-/m1/s1. The van der Waals surface area contributed by atoms with Gasteiger partial charge in [0.25, 0.3) is 0 Å². The first-order valence-electron chi connectivity index (χ1n) is 18.4. The topological polar surface area (TPSA) is 214 Å². The molecule has 284 valence electrons. The number of carbonyl (C=O) groups is 1. The van der Waals surface area contributed by atoms with Gasteiger partial charge in [0.05, 0.1) is 41.7 Å². The third-order valence-electron chi connectivity index (χ3n) is 14.6. The van der Waals surface area contributed by atoms with E-state index in [4.69, 9.17) is 28.4 Å². The summed E-state index contributed by atoms with van der Waals surface area (Å²) in [7, 11) is 1.52. The van der Waals surface area contributed by atoms with Crippen molar-refractivity contribution in [3.8, 4) is 0 Å². The molecule has 3 aliphatic heterocycles. The molecule has 17 atom stereocenters. The number of hydrogen-bond acceptors (Lipinski definition) is 14. The number of cyclic esters (lactones) is 1. The molecule has 0 amide bonds. The Balaban J connectivity index is 1.01. The molecule has 6 fully saturated rings. The van der Waals surface area contributed by atoms with Crippen LogP contribution in [-0.4, -0.2) is 140 Å². The molecular weight excluding hydrogens is 656 g/mol. The molecule has 50 heavy (non-hydrogen) atoms. The van der Waals surface area contributed by atoms with E-state index < -0.39 is 89.5 Å². The number of aliphatic hydroxyl groups excluding tert-OH is 4. The Hall–Kier alpha value is -1.27. The molecule has 14 nitrogen and oxygen atoms in total. The fraction of sp³-hybridized carbons (Fsp3) is 0.917. The van der Waals surface area contributed by atoms with Crippen LogP contribution in [0.25, 0.3) is 0 Å². The minimum atomic E-state index is -1.57. The van der Waals surface area contributed by atoms with Gasteiger partial charge < -0.3 is 64.2 Å². The second-order valence-corrected chi connectivity index (χ2v) is 16.7. The molecule has 2 saturated heterocycles. The zero-order valence-electron chi connectivity index (χ0n) is 29.5. The molecule has 4 aliphatic carbocycles. The van der Waals surface area contributed by atoms with Crippen molar-refractivity contribution in [2.24, 2.45) is 22.7 Å². The molecule has 7 aliphatic rings. The number of ether oxygens (including phenoxy) is 6. The van der Waals surface area contributed by atoms with E-state index in [0.29, 0.717) is 51.4 Å². The maximum Gasteiger partial charge on any atom is 0.331 e. The lowest BCUT2D eigenvalue weighted by Gasteiger charge is -2.69. The highest BCUT2D eigenvalue weighted by molar-refractivity contribution is 5.85. The van der Waals surface area contributed by atoms with Crippen molar-refractivity contribution in [3.05, 3.63) is 11.6 Å². The third kappa shape index (κ3) is 5.38. The van der Waals surface area contributed by atoms with Crippen molar-refractivity contribution in [1.82, 2.24) is 0 Å². The molecular formula is C36H56O14. The van der Waals surface area contributed by atoms with Crippen molar-refractivity contribution >= 4 is 5.97 Å². The first kappa shape index (κ1) is 37.1. The summed E-state index contributed by atoms with van der Waals surface area (Å²) in [4.78, 5) is 11.9. The molecule has 0 aromatic carbocycles. The van der Waals surface area contributed by atoms with E-state index >= 15 is 0 Å². The van der Waals surface area contributed by atoms with Crippen molar-refractivity contribution in [3.63, 3.8) is 0 Å². The summed E-state index contributed by atoms with van der Waals surface area (Å²) >= 11 is 0. The van der Waals surface area contributed by atoms with Crippen LogP contribution in [0.4, 0.5) is 0 Å². The van der Waals surface area contributed by atoms with Gasteiger partial charge in [-0.25, -0.2) is 4.79 Å². The van der Waals surface area contributed by atoms with Crippen LogP contribution in [0.5, 0.6) is 0 Å². The largest absolute Gasteiger partial charge is 0.458 e. The van der Waals surface area contributed by atoms with Crippen LogP contribution < -0.4 is 0 Å². The quantitative estimate of drug-likeness (QED) is 0.139. The van der Waals surface area contributed by atoms with Crippen LogP contribution in [0.3, 0.4) is 0 Å². The van der Waals surface area contributed by atoms with E-state index in [1.54, 1.807) is 13.0 Å². The molecule has 14 heteroatoms. The summed E-state index contributed by atoms with van der Waals surface area (Å²) in [5, 5.41) is 78.0. The maximum absolute atomic E-state index is 12.6. The molecule has 0 aromatic rings. The summed E-state index contributed by atoms with van der Waals surface area (Å²) in [6.45, 7) is 5.54. The van der Waals surface area contributed by atoms with Crippen molar-refractivity contribution in [1.29, 1.82) is 0 Å². The Labute approximate surface area is 292 Å². The van der Waals surface area contributed by atoms with Gasteiger partial charge in [-0.15, -0.1) is 0 Å². The lowest BCUT2D eigenvalue weighted by atomic mass is 9.40. The van der Waals surface area contributed by atoms with Gasteiger partial charge in [0.1, 0.15) is 37.1 Å². The van der Waals surface area contributed by atoms with E-state index in [-0.39, 0.29) is 43.4 Å². The van der Waals surface area contributed by atoms with E-state index in [0.717, 1.165) is 5.57 Å². The summed E-state index contributed by atoms with van der Waals surface area (Å²) in [5.74, 6) is -0.739. The van der Waals surface area contributed by atoms with Crippen LogP contribution in [0.2, 0.25) is 0 Å². The molecule has 0 unspecified atom stereocenters. The van der Waals surface area contributed by atoms with Gasteiger partial charge in [-0.05, 0) is 75.7 Å². The van der Waals surface area contributed by atoms with Gasteiger partial charge in [-0.2, -0.15) is 0 Å². The van der Waals surface area contributed by atoms with E-state index in [1.165, 1.54) is 7.11 Å². The highest BCUT2D eigenvalue weighted by Gasteiger charge is 2.76. The molecule has 0 spiro atoms. The minimum Gasteiger partial charge on any atom is -0.458 e. The van der Waals surface area contributed by atoms with Crippen LogP contribution >= 0.6 is 0 Å². The monoisotopic (exact) mass is 712 g/mol. The summed E-state index contributed by atoms with van der Waals surface area (Å²) in [6.07, 6.45) is -3.64. The number of rotatable bonds is 7. The second kappa shape index (κ2) is 12.9. The van der Waals surface area contributed by atoms with E-state index in [1.807, 2.05) is 6.92 Å². The molecule has 0 aromatic heterocycles. The highest BCUT2D eigenvalue weighted by Crippen LogP contribution is 2.72. The van der Waals surface area contributed by atoms with E-state index in [2.05, 4.69) is 6.92 Å².